The van der Waals surface area contributed by atoms with Crippen LogP contribution in [-0.2, 0) is 4.79 Å². The summed E-state index contributed by atoms with van der Waals surface area (Å²) >= 11 is 1.09. The highest BCUT2D eigenvalue weighted by molar-refractivity contribution is 8.00. The average molecular weight is 320 g/mol. The van der Waals surface area contributed by atoms with Gasteiger partial charge in [0, 0.05) is 12.6 Å². The Morgan fingerprint density at radius 3 is 2.55 bits per heavy atom. The summed E-state index contributed by atoms with van der Waals surface area (Å²) in [4.78, 5) is 22.8. The quantitative estimate of drug-likeness (QED) is 0.836. The van der Waals surface area contributed by atoms with Gasteiger partial charge in [-0.05, 0) is 26.0 Å². The monoisotopic (exact) mass is 320 g/mol. The number of carbonyl (C=O) groups is 2. The molecule has 0 fully saturated rings. The van der Waals surface area contributed by atoms with Gasteiger partial charge in [-0.15, -0.1) is 10.2 Å². The largest absolute Gasteiger partial charge is 0.411 e. The molecule has 2 N–H and O–H groups in total. The topological polar surface area (TPSA) is 97.1 Å². The van der Waals surface area contributed by atoms with Crippen molar-refractivity contribution in [3.63, 3.8) is 0 Å². The zero-order valence-corrected chi connectivity index (χ0v) is 13.2. The lowest BCUT2D eigenvalue weighted by Gasteiger charge is -2.07. The predicted octanol–water partition coefficient (Wildman–Crippen LogP) is 1.98. The Balaban J connectivity index is 2.01. The lowest BCUT2D eigenvalue weighted by atomic mass is 10.1. The van der Waals surface area contributed by atoms with Crippen LogP contribution < -0.4 is 10.6 Å². The fraction of sp³-hybridized carbons (Fsp3) is 0.286. The van der Waals surface area contributed by atoms with Crippen LogP contribution in [-0.4, -0.2) is 34.4 Å². The molecule has 2 rings (SSSR count). The molecule has 0 aliphatic carbocycles. The number of nitrogens with zero attached hydrogens (tertiary/aromatic N) is 2. The highest BCUT2D eigenvalue weighted by atomic mass is 32.2. The van der Waals surface area contributed by atoms with Crippen LogP contribution in [0.4, 0.5) is 4.79 Å². The number of amides is 3. The van der Waals surface area contributed by atoms with E-state index in [0.29, 0.717) is 5.89 Å². The molecule has 0 spiro atoms. The summed E-state index contributed by atoms with van der Waals surface area (Å²) < 4.78 is 5.52. The van der Waals surface area contributed by atoms with Gasteiger partial charge in [0.15, 0.2) is 0 Å². The molecule has 0 saturated carbocycles. The Hall–Kier alpha value is -2.35. The fourth-order valence-electron chi connectivity index (χ4n) is 1.55. The van der Waals surface area contributed by atoms with Crippen molar-refractivity contribution in [2.75, 3.05) is 7.05 Å². The van der Waals surface area contributed by atoms with Gasteiger partial charge in [0.2, 0.25) is 11.8 Å². The maximum atomic E-state index is 11.7. The number of hydrogen-bond acceptors (Lipinski definition) is 6. The third-order valence-electron chi connectivity index (χ3n) is 2.82. The van der Waals surface area contributed by atoms with E-state index in [4.69, 9.17) is 4.42 Å². The first-order valence-corrected chi connectivity index (χ1v) is 7.47. The van der Waals surface area contributed by atoms with E-state index in [-0.39, 0.29) is 5.22 Å². The first-order valence-electron chi connectivity index (χ1n) is 6.59. The smallest absolute Gasteiger partial charge is 0.321 e. The maximum Gasteiger partial charge on any atom is 0.321 e. The molecule has 1 aromatic carbocycles. The Bertz CT molecular complexity index is 669. The molecule has 8 heteroatoms. The lowest BCUT2D eigenvalue weighted by molar-refractivity contribution is -0.119. The number of aryl methyl sites for hydroxylation is 1. The molecule has 0 unspecified atom stereocenters. The van der Waals surface area contributed by atoms with Crippen LogP contribution in [0.2, 0.25) is 0 Å². The molecule has 2 aromatic rings. The Labute approximate surface area is 131 Å². The highest BCUT2D eigenvalue weighted by Gasteiger charge is 2.20. The van der Waals surface area contributed by atoms with Crippen molar-refractivity contribution in [3.8, 4) is 11.5 Å². The maximum absolute atomic E-state index is 11.7. The van der Waals surface area contributed by atoms with Gasteiger partial charge in [-0.2, -0.15) is 0 Å². The van der Waals surface area contributed by atoms with Crippen molar-refractivity contribution in [1.29, 1.82) is 0 Å². The van der Waals surface area contributed by atoms with Gasteiger partial charge in [-0.1, -0.05) is 29.5 Å². The van der Waals surface area contributed by atoms with E-state index in [1.165, 1.54) is 7.05 Å². The van der Waals surface area contributed by atoms with Gasteiger partial charge in [-0.25, -0.2) is 4.79 Å². The van der Waals surface area contributed by atoms with Gasteiger partial charge in [0.25, 0.3) is 5.22 Å². The molecule has 0 aliphatic heterocycles. The second-order valence-electron chi connectivity index (χ2n) is 4.57. The molecular weight excluding hydrogens is 304 g/mol. The van der Waals surface area contributed by atoms with Crippen LogP contribution in [0.15, 0.2) is 33.9 Å². The van der Waals surface area contributed by atoms with E-state index in [9.17, 15) is 9.59 Å². The van der Waals surface area contributed by atoms with Crippen LogP contribution in [0.5, 0.6) is 0 Å². The van der Waals surface area contributed by atoms with E-state index >= 15 is 0 Å². The van der Waals surface area contributed by atoms with Crippen molar-refractivity contribution in [1.82, 2.24) is 20.8 Å². The van der Waals surface area contributed by atoms with E-state index in [0.717, 1.165) is 22.9 Å². The van der Waals surface area contributed by atoms with E-state index < -0.39 is 17.2 Å². The zero-order chi connectivity index (χ0) is 16.1. The second kappa shape index (κ2) is 7.08. The van der Waals surface area contributed by atoms with Gasteiger partial charge in [0.1, 0.15) is 0 Å². The molecule has 116 valence electrons. The summed E-state index contributed by atoms with van der Waals surface area (Å²) in [5, 5.41) is 12.1. The lowest BCUT2D eigenvalue weighted by Crippen LogP contribution is -2.41. The van der Waals surface area contributed by atoms with Crippen molar-refractivity contribution in [2.24, 2.45) is 0 Å². The summed E-state index contributed by atoms with van der Waals surface area (Å²) in [7, 11) is 1.44. The number of nitrogens with one attached hydrogen (secondary N) is 2. The van der Waals surface area contributed by atoms with E-state index in [1.54, 1.807) is 6.92 Å². The number of hydrogen-bond donors (Lipinski definition) is 2. The normalized spacial score (nSPS) is 11.8. The van der Waals surface area contributed by atoms with Gasteiger partial charge < -0.3 is 9.73 Å². The number of thioether (sulfide) groups is 1. The number of imide groups is 1. The van der Waals surface area contributed by atoms with E-state index in [2.05, 4.69) is 20.8 Å². The predicted molar refractivity (Wildman–Crippen MR) is 82.4 cm³/mol. The molecule has 0 bridgehead atoms. The third-order valence-corrected chi connectivity index (χ3v) is 3.75. The molecule has 22 heavy (non-hydrogen) atoms. The fourth-order valence-corrected chi connectivity index (χ4v) is 2.23. The minimum absolute atomic E-state index is 0.273. The van der Waals surface area contributed by atoms with Crippen molar-refractivity contribution >= 4 is 23.7 Å². The van der Waals surface area contributed by atoms with Crippen molar-refractivity contribution in [3.05, 3.63) is 29.8 Å². The number of urea groups is 1. The van der Waals surface area contributed by atoms with Crippen molar-refractivity contribution in [2.45, 2.75) is 24.3 Å². The number of aromatic nitrogens is 2. The van der Waals surface area contributed by atoms with Gasteiger partial charge in [0.05, 0.1) is 5.25 Å². The first kappa shape index (κ1) is 16.0. The Morgan fingerprint density at radius 1 is 1.23 bits per heavy atom. The zero-order valence-electron chi connectivity index (χ0n) is 12.4. The molecule has 1 atom stereocenters. The third kappa shape index (κ3) is 4.08. The van der Waals surface area contributed by atoms with Crippen LogP contribution in [0.25, 0.3) is 11.5 Å². The van der Waals surface area contributed by atoms with Crippen LogP contribution in [0.3, 0.4) is 0 Å². The first-order chi connectivity index (χ1) is 10.5. The molecule has 0 saturated heterocycles. The number of carbonyl (C=O) groups excluding carboxylic acids is 2. The molecule has 3 amide bonds. The summed E-state index contributed by atoms with van der Waals surface area (Å²) in [6, 6.07) is 7.12. The Kier molecular flexibility index (Phi) is 5.16. The number of rotatable bonds is 4. The van der Waals surface area contributed by atoms with Crippen LogP contribution in [0.1, 0.15) is 12.5 Å². The van der Waals surface area contributed by atoms with E-state index in [1.807, 2.05) is 31.2 Å². The molecule has 0 radical (unpaired) electrons. The van der Waals surface area contributed by atoms with Crippen LogP contribution >= 0.6 is 11.8 Å². The summed E-state index contributed by atoms with van der Waals surface area (Å²) in [6.07, 6.45) is 0. The van der Waals surface area contributed by atoms with Gasteiger partial charge >= 0.3 is 6.03 Å². The molecule has 7 nitrogen and oxygen atoms in total. The molecule has 1 aromatic heterocycles. The van der Waals surface area contributed by atoms with Crippen molar-refractivity contribution < 1.29 is 14.0 Å². The summed E-state index contributed by atoms with van der Waals surface area (Å²) in [6.45, 7) is 3.64. The van der Waals surface area contributed by atoms with Crippen LogP contribution in [0, 0.1) is 6.92 Å². The Morgan fingerprint density at radius 2 is 1.91 bits per heavy atom. The van der Waals surface area contributed by atoms with Gasteiger partial charge in [-0.3, -0.25) is 10.1 Å². The second-order valence-corrected chi connectivity index (χ2v) is 5.86. The summed E-state index contributed by atoms with van der Waals surface area (Å²) in [5.74, 6) is -0.0409. The summed E-state index contributed by atoms with van der Waals surface area (Å²) in [5.41, 5.74) is 1.95. The molecule has 0 aliphatic rings. The molecule has 1 heterocycles. The minimum Gasteiger partial charge on any atom is -0.411 e. The molecular formula is C14H16N4O3S. The minimum atomic E-state index is -0.552. The standard InChI is InChI=1S/C14H16N4O3S/c1-8-4-6-10(7-5-8)12-17-18-14(21-12)22-9(2)11(19)16-13(20)15-3/h4-7,9H,1-3H3,(H2,15,16,19,20)/t9-/m0/s1. The SMILES string of the molecule is CNC(=O)NC(=O)[C@H](C)Sc1nnc(-c2ccc(C)cc2)o1. The average Bonchev–Trinajstić information content (AvgIpc) is 2.96. The number of benzene rings is 1. The highest BCUT2D eigenvalue weighted by Crippen LogP contribution is 2.26.